The van der Waals surface area contributed by atoms with Crippen LogP contribution < -0.4 is 10.2 Å². The highest BCUT2D eigenvalue weighted by molar-refractivity contribution is 5.79. The molecule has 1 atom stereocenters. The van der Waals surface area contributed by atoms with Gasteiger partial charge in [0.05, 0.1) is 5.92 Å². The number of nitrogens with one attached hydrogen (secondary N) is 1. The maximum Gasteiger partial charge on any atom is 0.225 e. The lowest BCUT2D eigenvalue weighted by molar-refractivity contribution is -0.125. The summed E-state index contributed by atoms with van der Waals surface area (Å²) in [5, 5.41) is 3.09. The molecule has 1 aromatic carbocycles. The normalized spacial score (nSPS) is 17.4. The van der Waals surface area contributed by atoms with Gasteiger partial charge in [-0.1, -0.05) is 29.8 Å². The Bertz CT molecular complexity index is 714. The van der Waals surface area contributed by atoms with Crippen molar-refractivity contribution in [1.29, 1.82) is 0 Å². The number of piperidine rings is 1. The fourth-order valence-corrected chi connectivity index (χ4v) is 3.19. The third kappa shape index (κ3) is 4.78. The molecule has 1 saturated heterocycles. The Morgan fingerprint density at radius 1 is 1.24 bits per heavy atom. The first-order valence-electron chi connectivity index (χ1n) is 8.99. The van der Waals surface area contributed by atoms with Gasteiger partial charge in [0, 0.05) is 31.5 Å². The summed E-state index contributed by atoms with van der Waals surface area (Å²) in [4.78, 5) is 23.5. The SMILES string of the molecule is Cc1ccc(CCNC(=O)C2CCCN(c3nccc(C)n3)C2)cc1. The standard InChI is InChI=1S/C20H26N4O/c1-15-5-7-17(8-6-15)10-12-21-19(25)18-4-3-13-24(14-18)20-22-11-9-16(2)23-20/h5-9,11,18H,3-4,10,12-14H2,1-2H3,(H,21,25). The number of carbonyl (C=O) groups is 1. The third-order valence-electron chi connectivity index (χ3n) is 4.69. The van der Waals surface area contributed by atoms with Crippen LogP contribution in [0.1, 0.15) is 29.7 Å². The highest BCUT2D eigenvalue weighted by atomic mass is 16.1. The molecule has 2 aromatic rings. The Labute approximate surface area is 149 Å². The number of hydrogen-bond acceptors (Lipinski definition) is 4. The molecule has 0 bridgehead atoms. The van der Waals surface area contributed by atoms with E-state index in [0.29, 0.717) is 13.1 Å². The van der Waals surface area contributed by atoms with E-state index in [4.69, 9.17) is 0 Å². The monoisotopic (exact) mass is 338 g/mol. The number of anilines is 1. The zero-order chi connectivity index (χ0) is 17.6. The van der Waals surface area contributed by atoms with Crippen molar-refractivity contribution in [1.82, 2.24) is 15.3 Å². The predicted molar refractivity (Wildman–Crippen MR) is 99.6 cm³/mol. The van der Waals surface area contributed by atoms with Gasteiger partial charge >= 0.3 is 0 Å². The predicted octanol–water partition coefficient (Wildman–Crippen LogP) is 2.67. The topological polar surface area (TPSA) is 58.1 Å². The van der Waals surface area contributed by atoms with Crippen LogP contribution in [0.3, 0.4) is 0 Å². The van der Waals surface area contributed by atoms with Crippen LogP contribution >= 0.6 is 0 Å². The molecule has 1 aliphatic heterocycles. The first-order chi connectivity index (χ1) is 12.1. The van der Waals surface area contributed by atoms with Gasteiger partial charge in [0.25, 0.3) is 0 Å². The van der Waals surface area contributed by atoms with Gasteiger partial charge in [0.2, 0.25) is 11.9 Å². The van der Waals surface area contributed by atoms with Crippen molar-refractivity contribution in [3.63, 3.8) is 0 Å². The molecular formula is C20H26N4O. The van der Waals surface area contributed by atoms with E-state index in [-0.39, 0.29) is 11.8 Å². The minimum absolute atomic E-state index is 0.0101. The highest BCUT2D eigenvalue weighted by Gasteiger charge is 2.26. The summed E-state index contributed by atoms with van der Waals surface area (Å²) in [6.07, 6.45) is 4.57. The molecule has 2 heterocycles. The van der Waals surface area contributed by atoms with Crippen LogP contribution in [0.15, 0.2) is 36.5 Å². The highest BCUT2D eigenvalue weighted by Crippen LogP contribution is 2.20. The second-order valence-corrected chi connectivity index (χ2v) is 6.81. The molecule has 3 rings (SSSR count). The Hall–Kier alpha value is -2.43. The summed E-state index contributed by atoms with van der Waals surface area (Å²) in [7, 11) is 0. The first-order valence-corrected chi connectivity index (χ1v) is 8.99. The minimum atomic E-state index is 0.0101. The Morgan fingerprint density at radius 2 is 2.04 bits per heavy atom. The third-order valence-corrected chi connectivity index (χ3v) is 4.69. The molecule has 1 fully saturated rings. The molecule has 5 heteroatoms. The molecule has 1 amide bonds. The molecule has 25 heavy (non-hydrogen) atoms. The van der Waals surface area contributed by atoms with E-state index >= 15 is 0 Å². The van der Waals surface area contributed by atoms with Crippen LogP contribution in [0.25, 0.3) is 0 Å². The first kappa shape index (κ1) is 17.4. The maximum absolute atomic E-state index is 12.5. The van der Waals surface area contributed by atoms with Crippen LogP contribution in [-0.2, 0) is 11.2 Å². The minimum Gasteiger partial charge on any atom is -0.355 e. The molecule has 1 N–H and O–H groups in total. The number of rotatable bonds is 5. The Morgan fingerprint density at radius 3 is 2.80 bits per heavy atom. The van der Waals surface area contributed by atoms with Crippen molar-refractivity contribution in [3.8, 4) is 0 Å². The van der Waals surface area contributed by atoms with Gasteiger partial charge in [0.1, 0.15) is 0 Å². The molecule has 132 valence electrons. The zero-order valence-electron chi connectivity index (χ0n) is 15.0. The van der Waals surface area contributed by atoms with Gasteiger partial charge < -0.3 is 10.2 Å². The second kappa shape index (κ2) is 8.10. The van der Waals surface area contributed by atoms with Gasteiger partial charge in [-0.3, -0.25) is 4.79 Å². The zero-order valence-corrected chi connectivity index (χ0v) is 15.0. The lowest BCUT2D eigenvalue weighted by atomic mass is 9.97. The van der Waals surface area contributed by atoms with Gasteiger partial charge in [-0.05, 0) is 44.7 Å². The number of amides is 1. The van der Waals surface area contributed by atoms with Crippen molar-refractivity contribution in [2.24, 2.45) is 5.92 Å². The van der Waals surface area contributed by atoms with E-state index < -0.39 is 0 Å². The Kier molecular flexibility index (Phi) is 5.64. The molecule has 5 nitrogen and oxygen atoms in total. The van der Waals surface area contributed by atoms with Crippen molar-refractivity contribution in [3.05, 3.63) is 53.3 Å². The summed E-state index contributed by atoms with van der Waals surface area (Å²) in [5.74, 6) is 0.887. The number of aryl methyl sites for hydroxylation is 2. The fourth-order valence-electron chi connectivity index (χ4n) is 3.19. The van der Waals surface area contributed by atoms with Crippen LogP contribution in [0.5, 0.6) is 0 Å². The van der Waals surface area contributed by atoms with Gasteiger partial charge in [-0.25, -0.2) is 9.97 Å². The van der Waals surface area contributed by atoms with Gasteiger partial charge in [-0.15, -0.1) is 0 Å². The molecular weight excluding hydrogens is 312 g/mol. The number of hydrogen-bond donors (Lipinski definition) is 1. The van der Waals surface area contributed by atoms with E-state index in [1.54, 1.807) is 6.20 Å². The molecule has 1 aromatic heterocycles. The molecule has 0 saturated carbocycles. The lowest BCUT2D eigenvalue weighted by Crippen LogP contribution is -2.44. The largest absolute Gasteiger partial charge is 0.355 e. The van der Waals surface area contributed by atoms with Gasteiger partial charge in [0.15, 0.2) is 0 Å². The molecule has 1 unspecified atom stereocenters. The number of nitrogens with zero attached hydrogens (tertiary/aromatic N) is 3. The van der Waals surface area contributed by atoms with Crippen molar-refractivity contribution >= 4 is 11.9 Å². The number of aromatic nitrogens is 2. The van der Waals surface area contributed by atoms with E-state index in [0.717, 1.165) is 37.4 Å². The summed E-state index contributed by atoms with van der Waals surface area (Å²) >= 11 is 0. The summed E-state index contributed by atoms with van der Waals surface area (Å²) in [6.45, 7) is 6.33. The quantitative estimate of drug-likeness (QED) is 0.911. The van der Waals surface area contributed by atoms with Crippen LogP contribution in [0.2, 0.25) is 0 Å². The average molecular weight is 338 g/mol. The van der Waals surface area contributed by atoms with E-state index in [1.807, 2.05) is 13.0 Å². The Balaban J connectivity index is 1.50. The van der Waals surface area contributed by atoms with E-state index in [2.05, 4.69) is 51.4 Å². The van der Waals surface area contributed by atoms with Crippen LogP contribution in [-0.4, -0.2) is 35.5 Å². The average Bonchev–Trinajstić information content (AvgIpc) is 2.63. The number of benzene rings is 1. The van der Waals surface area contributed by atoms with E-state index in [1.165, 1.54) is 11.1 Å². The summed E-state index contributed by atoms with van der Waals surface area (Å²) in [5.41, 5.74) is 3.47. The summed E-state index contributed by atoms with van der Waals surface area (Å²) < 4.78 is 0. The van der Waals surface area contributed by atoms with Crippen LogP contribution in [0.4, 0.5) is 5.95 Å². The molecule has 0 aliphatic carbocycles. The molecule has 0 radical (unpaired) electrons. The second-order valence-electron chi connectivity index (χ2n) is 6.81. The lowest BCUT2D eigenvalue weighted by Gasteiger charge is -2.32. The fraction of sp³-hybridized carbons (Fsp3) is 0.450. The number of carbonyl (C=O) groups excluding carboxylic acids is 1. The van der Waals surface area contributed by atoms with Crippen molar-refractivity contribution in [2.75, 3.05) is 24.5 Å². The maximum atomic E-state index is 12.5. The van der Waals surface area contributed by atoms with Crippen LogP contribution in [0, 0.1) is 19.8 Å². The summed E-state index contributed by atoms with van der Waals surface area (Å²) in [6, 6.07) is 10.4. The van der Waals surface area contributed by atoms with Crippen molar-refractivity contribution in [2.45, 2.75) is 33.1 Å². The molecule has 0 spiro atoms. The van der Waals surface area contributed by atoms with E-state index in [9.17, 15) is 4.79 Å². The molecule has 1 aliphatic rings. The van der Waals surface area contributed by atoms with Gasteiger partial charge in [-0.2, -0.15) is 0 Å². The van der Waals surface area contributed by atoms with Crippen molar-refractivity contribution < 1.29 is 4.79 Å². The smallest absolute Gasteiger partial charge is 0.225 e.